The fourth-order valence-corrected chi connectivity index (χ4v) is 3.68. The van der Waals surface area contributed by atoms with Crippen molar-refractivity contribution in [2.24, 2.45) is 0 Å². The van der Waals surface area contributed by atoms with Crippen molar-refractivity contribution < 1.29 is 24.0 Å². The number of ether oxygens (including phenoxy) is 2. The standard InChI is InChI=1S/C27H22N2O6/c1-16-4-7-18(8-5-16)23-14-21(20-12-17(2)6-10-22(20)28-23)27(31)35-15-25(30)19-9-11-26(34-3)24(13-19)29(32)33/h4-14H,15H2,1-3H3. The van der Waals surface area contributed by atoms with Crippen LogP contribution in [-0.2, 0) is 4.74 Å². The highest BCUT2D eigenvalue weighted by atomic mass is 16.6. The quantitative estimate of drug-likeness (QED) is 0.152. The Labute approximate surface area is 201 Å². The SMILES string of the molecule is COc1ccc(C(=O)COC(=O)c2cc(-c3ccc(C)cc3)nc3ccc(C)cc23)cc1[N+](=O)[O-]. The molecule has 0 saturated carbocycles. The van der Waals surface area contributed by atoms with Gasteiger partial charge < -0.3 is 9.47 Å². The molecular weight excluding hydrogens is 448 g/mol. The van der Waals surface area contributed by atoms with Gasteiger partial charge in [0.05, 0.1) is 28.8 Å². The molecule has 0 unspecified atom stereocenters. The van der Waals surface area contributed by atoms with Crippen molar-refractivity contribution in [2.45, 2.75) is 13.8 Å². The number of nitrogens with zero attached hydrogens (tertiary/aromatic N) is 2. The Morgan fingerprint density at radius 1 is 0.943 bits per heavy atom. The number of carbonyl (C=O) groups excluding carboxylic acids is 2. The van der Waals surface area contributed by atoms with Crippen LogP contribution < -0.4 is 4.74 Å². The minimum absolute atomic E-state index is 0.0332. The molecule has 1 heterocycles. The molecule has 0 bridgehead atoms. The molecule has 0 N–H and O–H groups in total. The first-order chi connectivity index (χ1) is 16.8. The van der Waals surface area contributed by atoms with Gasteiger partial charge in [-0.3, -0.25) is 14.9 Å². The summed E-state index contributed by atoms with van der Waals surface area (Å²) in [7, 11) is 1.30. The highest BCUT2D eigenvalue weighted by Crippen LogP contribution is 2.29. The molecule has 35 heavy (non-hydrogen) atoms. The third-order valence-electron chi connectivity index (χ3n) is 5.56. The number of Topliss-reactive ketones (excluding diaryl/α,β-unsaturated/α-hetero) is 1. The minimum atomic E-state index is -0.687. The molecule has 8 heteroatoms. The summed E-state index contributed by atoms with van der Waals surface area (Å²) in [5.41, 5.74) is 4.09. The van der Waals surface area contributed by atoms with Gasteiger partial charge in [-0.1, -0.05) is 41.5 Å². The molecule has 0 spiro atoms. The molecule has 0 saturated heterocycles. The smallest absolute Gasteiger partial charge is 0.339 e. The molecule has 176 valence electrons. The second kappa shape index (κ2) is 9.72. The summed E-state index contributed by atoms with van der Waals surface area (Å²) >= 11 is 0. The predicted octanol–water partition coefficient (Wildman–Crippen LogP) is 5.48. The fraction of sp³-hybridized carbons (Fsp3) is 0.148. The first-order valence-electron chi connectivity index (χ1n) is 10.8. The monoisotopic (exact) mass is 470 g/mol. The van der Waals surface area contributed by atoms with E-state index in [-0.39, 0.29) is 22.6 Å². The second-order valence-electron chi connectivity index (χ2n) is 8.08. The molecular formula is C27H22N2O6. The second-order valence-corrected chi connectivity index (χ2v) is 8.08. The number of benzene rings is 3. The van der Waals surface area contributed by atoms with Gasteiger partial charge in [0.1, 0.15) is 0 Å². The number of hydrogen-bond acceptors (Lipinski definition) is 7. The summed E-state index contributed by atoms with van der Waals surface area (Å²) in [4.78, 5) is 41.0. The largest absolute Gasteiger partial charge is 0.490 e. The molecule has 0 aliphatic heterocycles. The number of hydrogen-bond donors (Lipinski definition) is 0. The normalized spacial score (nSPS) is 10.7. The molecule has 0 aliphatic rings. The van der Waals surface area contributed by atoms with Crippen molar-refractivity contribution in [3.8, 4) is 17.0 Å². The zero-order chi connectivity index (χ0) is 25.1. The summed E-state index contributed by atoms with van der Waals surface area (Å²) in [5, 5.41) is 11.9. The van der Waals surface area contributed by atoms with Crippen LogP contribution in [0.15, 0.2) is 66.7 Å². The van der Waals surface area contributed by atoms with Gasteiger partial charge in [0, 0.05) is 22.6 Å². The molecule has 1 aromatic heterocycles. The van der Waals surface area contributed by atoms with Crippen LogP contribution in [0.5, 0.6) is 5.75 Å². The lowest BCUT2D eigenvalue weighted by Gasteiger charge is -2.11. The number of carbonyl (C=O) groups is 2. The van der Waals surface area contributed by atoms with Crippen molar-refractivity contribution in [1.29, 1.82) is 0 Å². The first-order valence-corrected chi connectivity index (χ1v) is 10.8. The highest BCUT2D eigenvalue weighted by Gasteiger charge is 2.21. The lowest BCUT2D eigenvalue weighted by Crippen LogP contribution is -2.15. The molecule has 8 nitrogen and oxygen atoms in total. The van der Waals surface area contributed by atoms with Gasteiger partial charge in [0.15, 0.2) is 12.4 Å². The van der Waals surface area contributed by atoms with Gasteiger partial charge in [-0.15, -0.1) is 0 Å². The van der Waals surface area contributed by atoms with Crippen LogP contribution in [0.1, 0.15) is 31.8 Å². The van der Waals surface area contributed by atoms with Crippen LogP contribution in [0.25, 0.3) is 22.2 Å². The number of rotatable bonds is 7. The maximum absolute atomic E-state index is 13.1. The zero-order valence-electron chi connectivity index (χ0n) is 19.4. The molecule has 3 aromatic carbocycles. The molecule has 0 fully saturated rings. The molecule has 0 aliphatic carbocycles. The van der Waals surface area contributed by atoms with E-state index in [1.165, 1.54) is 19.2 Å². The van der Waals surface area contributed by atoms with Gasteiger partial charge >= 0.3 is 11.7 Å². The number of pyridine rings is 1. The van der Waals surface area contributed by atoms with Crippen molar-refractivity contribution >= 4 is 28.3 Å². The van der Waals surface area contributed by atoms with E-state index in [0.29, 0.717) is 16.6 Å². The van der Waals surface area contributed by atoms with E-state index < -0.39 is 23.3 Å². The Balaban J connectivity index is 1.63. The Morgan fingerprint density at radius 2 is 1.66 bits per heavy atom. The summed E-state index contributed by atoms with van der Waals surface area (Å²) in [6.07, 6.45) is 0. The summed E-state index contributed by atoms with van der Waals surface area (Å²) in [5.74, 6) is -1.23. The van der Waals surface area contributed by atoms with E-state index >= 15 is 0 Å². The van der Waals surface area contributed by atoms with E-state index in [9.17, 15) is 19.7 Å². The number of nitro benzene ring substituents is 1. The maximum Gasteiger partial charge on any atom is 0.339 e. The number of esters is 1. The zero-order valence-corrected chi connectivity index (χ0v) is 19.4. The maximum atomic E-state index is 13.1. The van der Waals surface area contributed by atoms with Crippen LogP contribution in [-0.4, -0.2) is 35.4 Å². The number of aryl methyl sites for hydroxylation is 2. The van der Waals surface area contributed by atoms with E-state index in [1.807, 2.05) is 56.3 Å². The van der Waals surface area contributed by atoms with Crippen molar-refractivity contribution in [1.82, 2.24) is 4.98 Å². The Bertz CT molecular complexity index is 1460. The average Bonchev–Trinajstić information content (AvgIpc) is 2.86. The number of methoxy groups -OCH3 is 1. The van der Waals surface area contributed by atoms with Gasteiger partial charge in [0.2, 0.25) is 5.78 Å². The van der Waals surface area contributed by atoms with Gasteiger partial charge in [-0.05, 0) is 44.2 Å². The van der Waals surface area contributed by atoms with Crippen LogP contribution in [0.3, 0.4) is 0 Å². The Hall–Kier alpha value is -4.59. The molecule has 4 rings (SSSR count). The first kappa shape index (κ1) is 23.6. The molecule has 0 radical (unpaired) electrons. The predicted molar refractivity (Wildman–Crippen MR) is 131 cm³/mol. The van der Waals surface area contributed by atoms with Gasteiger partial charge in [-0.2, -0.15) is 0 Å². The highest BCUT2D eigenvalue weighted by molar-refractivity contribution is 6.06. The third-order valence-corrected chi connectivity index (χ3v) is 5.56. The average molecular weight is 470 g/mol. The van der Waals surface area contributed by atoms with E-state index in [2.05, 4.69) is 0 Å². The third kappa shape index (κ3) is 5.01. The summed E-state index contributed by atoms with van der Waals surface area (Å²) < 4.78 is 10.3. The topological polar surface area (TPSA) is 109 Å². The van der Waals surface area contributed by atoms with Crippen molar-refractivity contribution in [3.05, 3.63) is 99.1 Å². The number of ketones is 1. The van der Waals surface area contributed by atoms with Crippen LogP contribution in [0.4, 0.5) is 5.69 Å². The van der Waals surface area contributed by atoms with Gasteiger partial charge in [0.25, 0.3) is 0 Å². The van der Waals surface area contributed by atoms with Gasteiger partial charge in [-0.25, -0.2) is 9.78 Å². The number of nitro groups is 1. The van der Waals surface area contributed by atoms with Crippen LogP contribution in [0.2, 0.25) is 0 Å². The molecule has 0 amide bonds. The Kier molecular flexibility index (Phi) is 6.55. The Morgan fingerprint density at radius 3 is 2.34 bits per heavy atom. The molecule has 4 aromatic rings. The lowest BCUT2D eigenvalue weighted by atomic mass is 10.0. The van der Waals surface area contributed by atoms with E-state index in [0.717, 1.165) is 22.8 Å². The van der Waals surface area contributed by atoms with Crippen LogP contribution >= 0.6 is 0 Å². The number of aromatic nitrogens is 1. The van der Waals surface area contributed by atoms with E-state index in [4.69, 9.17) is 14.5 Å². The van der Waals surface area contributed by atoms with Crippen molar-refractivity contribution in [3.63, 3.8) is 0 Å². The minimum Gasteiger partial charge on any atom is -0.490 e. The summed E-state index contributed by atoms with van der Waals surface area (Å²) in [6.45, 7) is 3.32. The molecule has 0 atom stereocenters. The lowest BCUT2D eigenvalue weighted by molar-refractivity contribution is -0.385. The fourth-order valence-electron chi connectivity index (χ4n) is 3.68. The van der Waals surface area contributed by atoms with Crippen LogP contribution in [0, 0.1) is 24.0 Å². The number of fused-ring (bicyclic) bond motifs is 1. The van der Waals surface area contributed by atoms with Crippen molar-refractivity contribution in [2.75, 3.05) is 13.7 Å². The summed E-state index contributed by atoms with van der Waals surface area (Å²) in [6, 6.07) is 18.8. The van der Waals surface area contributed by atoms with E-state index in [1.54, 1.807) is 6.07 Å².